The molecule has 0 atom stereocenters. The Kier molecular flexibility index (Phi) is 8.87. The van der Waals surface area contributed by atoms with Crippen molar-refractivity contribution in [1.82, 2.24) is 25.3 Å². The highest BCUT2D eigenvalue weighted by Crippen LogP contribution is 2.38. The van der Waals surface area contributed by atoms with Gasteiger partial charge in [0.1, 0.15) is 0 Å². The van der Waals surface area contributed by atoms with E-state index in [0.29, 0.717) is 12.1 Å². The SMILES string of the molecule is CCNC(=O)c1ccc(-c2c3nc(c(-c4ccc(C)cc4)c4ccc([nH]4)c(-c4ccc(C)cc4)c4nc(c(-c5ccc(C)cc5)c5ccc2[nH]5)C=C4)C=C3)cc1. The standard InChI is InChI=1S/C50H41N5O/c1-5-51-50(56)37-20-18-36(19-21-37)49-44-28-26-42(54-44)47(34-14-8-31(3)9-15-34)40-24-22-38(52-40)46(33-12-6-30(2)7-13-33)39-23-25-41(53-39)48(43-27-29-45(49)55-43)35-16-10-32(4)11-17-35/h6-29,52,55H,5H2,1-4H3,(H,51,56). The molecular weight excluding hydrogens is 687 g/mol. The lowest BCUT2D eigenvalue weighted by molar-refractivity contribution is 0.0956. The molecule has 5 heterocycles. The lowest BCUT2D eigenvalue weighted by Gasteiger charge is -2.08. The van der Waals surface area contributed by atoms with E-state index < -0.39 is 0 Å². The number of carbonyl (C=O) groups is 1. The summed E-state index contributed by atoms with van der Waals surface area (Å²) in [6.45, 7) is 8.81. The van der Waals surface area contributed by atoms with Crippen LogP contribution in [0.2, 0.25) is 0 Å². The minimum absolute atomic E-state index is 0.0951. The average Bonchev–Trinajstić information content (AvgIpc) is 4.05. The van der Waals surface area contributed by atoms with Crippen LogP contribution in [0.5, 0.6) is 0 Å². The summed E-state index contributed by atoms with van der Waals surface area (Å²) in [4.78, 5) is 31.2. The first-order chi connectivity index (χ1) is 27.3. The number of H-pyrrole nitrogens is 2. The number of aromatic amines is 2. The summed E-state index contributed by atoms with van der Waals surface area (Å²) in [5.74, 6) is -0.0951. The lowest BCUT2D eigenvalue weighted by Crippen LogP contribution is -2.22. The number of nitrogens with zero attached hydrogens (tertiary/aromatic N) is 2. The van der Waals surface area contributed by atoms with E-state index in [1.54, 1.807) is 0 Å². The van der Waals surface area contributed by atoms with Crippen LogP contribution in [0.25, 0.3) is 90.9 Å². The Morgan fingerprint density at radius 3 is 1.02 bits per heavy atom. The van der Waals surface area contributed by atoms with Gasteiger partial charge < -0.3 is 15.3 Å². The van der Waals surface area contributed by atoms with Gasteiger partial charge in [0.25, 0.3) is 5.91 Å². The molecule has 7 aromatic rings. The monoisotopic (exact) mass is 727 g/mol. The van der Waals surface area contributed by atoms with Crippen molar-refractivity contribution < 1.29 is 4.79 Å². The molecule has 2 aliphatic heterocycles. The molecule has 0 fully saturated rings. The smallest absolute Gasteiger partial charge is 0.251 e. The average molecular weight is 728 g/mol. The molecule has 6 nitrogen and oxygen atoms in total. The summed E-state index contributed by atoms with van der Waals surface area (Å²) in [7, 11) is 0. The molecule has 56 heavy (non-hydrogen) atoms. The van der Waals surface area contributed by atoms with Crippen LogP contribution in [0.1, 0.15) is 56.7 Å². The van der Waals surface area contributed by atoms with Gasteiger partial charge in [0.05, 0.1) is 22.8 Å². The Hall–Kier alpha value is -7.05. The normalized spacial score (nSPS) is 11.9. The van der Waals surface area contributed by atoms with Crippen molar-refractivity contribution in [1.29, 1.82) is 0 Å². The molecule has 6 heteroatoms. The molecule has 2 aliphatic rings. The van der Waals surface area contributed by atoms with Gasteiger partial charge in [-0.15, -0.1) is 0 Å². The number of hydrogen-bond donors (Lipinski definition) is 3. The molecule has 0 radical (unpaired) electrons. The zero-order valence-electron chi connectivity index (χ0n) is 31.9. The van der Waals surface area contributed by atoms with Crippen LogP contribution in [0.15, 0.2) is 121 Å². The molecular formula is C50H41N5O. The number of amides is 1. The quantitative estimate of drug-likeness (QED) is 0.159. The molecule has 0 spiro atoms. The van der Waals surface area contributed by atoms with Crippen LogP contribution >= 0.6 is 0 Å². The van der Waals surface area contributed by atoms with E-state index >= 15 is 0 Å². The maximum absolute atomic E-state index is 12.7. The van der Waals surface area contributed by atoms with Crippen molar-refractivity contribution in [2.75, 3.05) is 6.54 Å². The Balaban J connectivity index is 1.43. The highest BCUT2D eigenvalue weighted by Gasteiger charge is 2.19. The van der Waals surface area contributed by atoms with Crippen molar-refractivity contribution in [3.05, 3.63) is 166 Å². The van der Waals surface area contributed by atoms with Crippen LogP contribution in [0.3, 0.4) is 0 Å². The second-order valence-corrected chi connectivity index (χ2v) is 14.5. The number of fused-ring (bicyclic) bond motifs is 8. The van der Waals surface area contributed by atoms with Gasteiger partial charge in [-0.2, -0.15) is 0 Å². The topological polar surface area (TPSA) is 86.5 Å². The number of benzene rings is 4. The van der Waals surface area contributed by atoms with Gasteiger partial charge in [-0.1, -0.05) is 102 Å². The van der Waals surface area contributed by atoms with Crippen molar-refractivity contribution in [2.24, 2.45) is 0 Å². The van der Waals surface area contributed by atoms with E-state index in [1.807, 2.05) is 31.2 Å². The highest BCUT2D eigenvalue weighted by molar-refractivity contribution is 6.00. The summed E-state index contributed by atoms with van der Waals surface area (Å²) in [5.41, 5.74) is 19.5. The predicted octanol–water partition coefficient (Wildman–Crippen LogP) is 12.0. The van der Waals surface area contributed by atoms with Crippen LogP contribution < -0.4 is 5.32 Å². The molecule has 8 bridgehead atoms. The summed E-state index contributed by atoms with van der Waals surface area (Å²) >= 11 is 0. The zero-order valence-corrected chi connectivity index (χ0v) is 31.9. The molecule has 0 saturated heterocycles. The molecule has 4 aromatic carbocycles. The summed E-state index contributed by atoms with van der Waals surface area (Å²) in [6, 6.07) is 42.2. The van der Waals surface area contributed by atoms with Gasteiger partial charge in [-0.3, -0.25) is 4.79 Å². The van der Waals surface area contributed by atoms with Crippen LogP contribution in [-0.2, 0) is 0 Å². The largest absolute Gasteiger partial charge is 0.354 e. The van der Waals surface area contributed by atoms with Gasteiger partial charge in [0.15, 0.2) is 0 Å². The maximum atomic E-state index is 12.7. The van der Waals surface area contributed by atoms with Gasteiger partial charge >= 0.3 is 0 Å². The molecule has 3 N–H and O–H groups in total. The number of aromatic nitrogens is 4. The number of rotatable bonds is 6. The van der Waals surface area contributed by atoms with Crippen molar-refractivity contribution in [3.63, 3.8) is 0 Å². The Labute approximate surface area is 326 Å². The fraction of sp³-hybridized carbons (Fsp3) is 0.100. The summed E-state index contributed by atoms with van der Waals surface area (Å²) < 4.78 is 0. The van der Waals surface area contributed by atoms with E-state index in [1.165, 1.54) is 16.7 Å². The number of hydrogen-bond acceptors (Lipinski definition) is 3. The molecule has 0 saturated carbocycles. The van der Waals surface area contributed by atoms with Gasteiger partial charge in [0, 0.05) is 56.4 Å². The third-order valence-electron chi connectivity index (χ3n) is 10.5. The van der Waals surface area contributed by atoms with Crippen molar-refractivity contribution in [2.45, 2.75) is 27.7 Å². The predicted molar refractivity (Wildman–Crippen MR) is 233 cm³/mol. The molecule has 0 aliphatic carbocycles. The Morgan fingerprint density at radius 2 is 0.732 bits per heavy atom. The highest BCUT2D eigenvalue weighted by atomic mass is 16.1. The zero-order chi connectivity index (χ0) is 38.3. The van der Waals surface area contributed by atoms with E-state index in [9.17, 15) is 4.79 Å². The molecule has 1 amide bonds. The first-order valence-electron chi connectivity index (χ1n) is 19.1. The third kappa shape index (κ3) is 6.45. The number of carbonyl (C=O) groups excluding carboxylic acids is 1. The van der Waals surface area contributed by atoms with E-state index in [-0.39, 0.29) is 5.91 Å². The molecule has 272 valence electrons. The lowest BCUT2D eigenvalue weighted by atomic mass is 10.0. The number of nitrogens with one attached hydrogen (secondary N) is 3. The maximum Gasteiger partial charge on any atom is 0.251 e. The minimum Gasteiger partial charge on any atom is -0.354 e. The Bertz CT molecular complexity index is 2830. The third-order valence-corrected chi connectivity index (χ3v) is 10.5. The molecule has 0 unspecified atom stereocenters. The van der Waals surface area contributed by atoms with Crippen LogP contribution in [0.4, 0.5) is 0 Å². The van der Waals surface area contributed by atoms with Gasteiger partial charge in [-0.05, 0) is 111 Å². The van der Waals surface area contributed by atoms with Crippen molar-refractivity contribution in [3.8, 4) is 44.5 Å². The van der Waals surface area contributed by atoms with Gasteiger partial charge in [0.2, 0.25) is 0 Å². The second kappa shape index (κ2) is 14.3. The van der Waals surface area contributed by atoms with E-state index in [2.05, 4.69) is 157 Å². The van der Waals surface area contributed by atoms with Crippen molar-refractivity contribution >= 4 is 52.3 Å². The first kappa shape index (κ1) is 34.7. The number of aryl methyl sites for hydroxylation is 3. The summed E-state index contributed by atoms with van der Waals surface area (Å²) in [5, 5.41) is 2.91. The summed E-state index contributed by atoms with van der Waals surface area (Å²) in [6.07, 6.45) is 8.46. The van der Waals surface area contributed by atoms with E-state index in [0.717, 1.165) is 89.4 Å². The second-order valence-electron chi connectivity index (χ2n) is 14.5. The van der Waals surface area contributed by atoms with Crippen LogP contribution in [-0.4, -0.2) is 32.4 Å². The molecule has 9 rings (SSSR count). The minimum atomic E-state index is -0.0951. The first-order valence-corrected chi connectivity index (χ1v) is 19.1. The van der Waals surface area contributed by atoms with Gasteiger partial charge in [-0.25, -0.2) is 9.97 Å². The molecule has 3 aromatic heterocycles. The Morgan fingerprint density at radius 1 is 0.446 bits per heavy atom. The fourth-order valence-electron chi connectivity index (χ4n) is 7.63. The van der Waals surface area contributed by atoms with Crippen LogP contribution in [0, 0.1) is 20.8 Å². The van der Waals surface area contributed by atoms with E-state index in [4.69, 9.17) is 9.97 Å². The fourth-order valence-corrected chi connectivity index (χ4v) is 7.63.